The van der Waals surface area contributed by atoms with Gasteiger partial charge in [-0.1, -0.05) is 29.4 Å². The lowest BCUT2D eigenvalue weighted by atomic mass is 10.1. The Bertz CT molecular complexity index is 665. The normalized spacial score (nSPS) is 12.9. The van der Waals surface area contributed by atoms with Gasteiger partial charge in [0.25, 0.3) is 5.89 Å². The van der Waals surface area contributed by atoms with E-state index < -0.39 is 17.9 Å². The molecule has 1 N–H and O–H groups in total. The van der Waals surface area contributed by atoms with E-state index in [9.17, 15) is 13.6 Å². The van der Waals surface area contributed by atoms with Gasteiger partial charge in [0, 0.05) is 26.1 Å². The van der Waals surface area contributed by atoms with Crippen molar-refractivity contribution >= 4 is 5.91 Å². The number of rotatable bonds is 6. The van der Waals surface area contributed by atoms with Crippen molar-refractivity contribution in [2.24, 2.45) is 0 Å². The maximum absolute atomic E-state index is 13.1. The first-order valence-corrected chi connectivity index (χ1v) is 6.93. The number of nitrogens with zero attached hydrogens (tertiary/aromatic N) is 2. The monoisotopic (exact) mass is 325 g/mol. The number of alkyl halides is 2. The molecule has 2 aromatic rings. The van der Waals surface area contributed by atoms with Crippen molar-refractivity contribution in [1.29, 1.82) is 0 Å². The molecule has 6 nitrogen and oxygen atoms in total. The zero-order valence-electron chi connectivity index (χ0n) is 13.0. The van der Waals surface area contributed by atoms with E-state index in [0.717, 1.165) is 5.56 Å². The second-order valence-corrected chi connectivity index (χ2v) is 5.10. The number of ether oxygens (including phenoxy) is 1. The molecule has 0 saturated heterocycles. The third kappa shape index (κ3) is 4.32. The van der Waals surface area contributed by atoms with Crippen molar-refractivity contribution in [3.8, 4) is 11.4 Å². The van der Waals surface area contributed by atoms with Crippen molar-refractivity contribution in [3.05, 3.63) is 35.7 Å². The van der Waals surface area contributed by atoms with Gasteiger partial charge in [0.15, 0.2) is 0 Å². The minimum atomic E-state index is -3.17. The van der Waals surface area contributed by atoms with Crippen LogP contribution < -0.4 is 5.32 Å². The lowest BCUT2D eigenvalue weighted by Crippen LogP contribution is -2.33. The Labute approximate surface area is 131 Å². The van der Waals surface area contributed by atoms with Crippen LogP contribution in [0, 0.1) is 0 Å². The molecule has 0 spiro atoms. The van der Waals surface area contributed by atoms with Gasteiger partial charge in [-0.05, 0) is 12.5 Å². The standard InChI is InChI=1S/C15H17F2N3O3/c1-9(22-3)13(21)18-8-10-4-6-11(7-5-10)12-19-14(23-20-12)15(2,16)17/h4-7,9H,8H2,1-3H3,(H,18,21). The highest BCUT2D eigenvalue weighted by molar-refractivity contribution is 5.80. The summed E-state index contributed by atoms with van der Waals surface area (Å²) in [6.45, 7) is 2.67. The summed E-state index contributed by atoms with van der Waals surface area (Å²) in [7, 11) is 1.46. The summed E-state index contributed by atoms with van der Waals surface area (Å²) in [6.07, 6.45) is -0.525. The number of methoxy groups -OCH3 is 1. The minimum Gasteiger partial charge on any atom is -0.372 e. The predicted molar refractivity (Wildman–Crippen MR) is 77.6 cm³/mol. The Morgan fingerprint density at radius 3 is 2.57 bits per heavy atom. The number of carbonyl (C=O) groups is 1. The van der Waals surface area contributed by atoms with Crippen LogP contribution >= 0.6 is 0 Å². The van der Waals surface area contributed by atoms with E-state index in [1.54, 1.807) is 31.2 Å². The van der Waals surface area contributed by atoms with E-state index in [-0.39, 0.29) is 11.7 Å². The first-order chi connectivity index (χ1) is 10.8. The average molecular weight is 325 g/mol. The van der Waals surface area contributed by atoms with E-state index in [4.69, 9.17) is 4.74 Å². The van der Waals surface area contributed by atoms with Crippen molar-refractivity contribution in [2.45, 2.75) is 32.4 Å². The van der Waals surface area contributed by atoms with Crippen LogP contribution in [0.15, 0.2) is 28.8 Å². The van der Waals surface area contributed by atoms with Gasteiger partial charge >= 0.3 is 5.92 Å². The Morgan fingerprint density at radius 2 is 2.04 bits per heavy atom. The summed E-state index contributed by atoms with van der Waals surface area (Å²) in [5, 5.41) is 6.26. The number of nitrogens with one attached hydrogen (secondary N) is 1. The van der Waals surface area contributed by atoms with Crippen molar-refractivity contribution in [2.75, 3.05) is 7.11 Å². The molecule has 2 rings (SSSR count). The van der Waals surface area contributed by atoms with E-state index in [2.05, 4.69) is 20.0 Å². The minimum absolute atomic E-state index is 0.0881. The van der Waals surface area contributed by atoms with Gasteiger partial charge in [0.05, 0.1) is 0 Å². The highest BCUT2D eigenvalue weighted by Gasteiger charge is 2.32. The fourth-order valence-electron chi connectivity index (χ4n) is 1.73. The number of hydrogen-bond acceptors (Lipinski definition) is 5. The predicted octanol–water partition coefficient (Wildman–Crippen LogP) is 2.50. The second-order valence-electron chi connectivity index (χ2n) is 5.10. The fraction of sp³-hybridized carbons (Fsp3) is 0.400. The van der Waals surface area contributed by atoms with Gasteiger partial charge in [-0.15, -0.1) is 0 Å². The molecule has 1 heterocycles. The maximum atomic E-state index is 13.1. The smallest absolute Gasteiger partial charge is 0.322 e. The Morgan fingerprint density at radius 1 is 1.39 bits per heavy atom. The van der Waals surface area contributed by atoms with Crippen LogP contribution in [0.25, 0.3) is 11.4 Å². The average Bonchev–Trinajstić information content (AvgIpc) is 3.02. The molecule has 1 aromatic carbocycles. The lowest BCUT2D eigenvalue weighted by molar-refractivity contribution is -0.130. The number of halogens is 2. The molecule has 0 fully saturated rings. The largest absolute Gasteiger partial charge is 0.372 e. The molecule has 0 saturated carbocycles. The molecule has 1 atom stereocenters. The summed E-state index contributed by atoms with van der Waals surface area (Å²) in [5.41, 5.74) is 1.39. The maximum Gasteiger partial charge on any atom is 0.322 e. The summed E-state index contributed by atoms with van der Waals surface area (Å²) in [6, 6.07) is 6.83. The summed E-state index contributed by atoms with van der Waals surface area (Å²) in [4.78, 5) is 15.3. The van der Waals surface area contributed by atoms with E-state index in [1.807, 2.05) is 0 Å². The van der Waals surface area contributed by atoms with Crippen molar-refractivity contribution in [3.63, 3.8) is 0 Å². The van der Waals surface area contributed by atoms with E-state index >= 15 is 0 Å². The summed E-state index contributed by atoms with van der Waals surface area (Å²) in [5.74, 6) is -4.03. The number of hydrogen-bond donors (Lipinski definition) is 1. The van der Waals surface area contributed by atoms with Crippen molar-refractivity contribution in [1.82, 2.24) is 15.5 Å². The van der Waals surface area contributed by atoms with Gasteiger partial charge in [-0.3, -0.25) is 4.79 Å². The Kier molecular flexibility index (Phi) is 5.05. The molecule has 0 aliphatic rings. The molecule has 23 heavy (non-hydrogen) atoms. The van der Waals surface area contributed by atoms with Crippen LogP contribution in [-0.4, -0.2) is 29.3 Å². The summed E-state index contributed by atoms with van der Waals surface area (Å²) < 4.78 is 35.6. The zero-order chi connectivity index (χ0) is 17.0. The number of aromatic nitrogens is 2. The van der Waals surface area contributed by atoms with Gasteiger partial charge in [-0.2, -0.15) is 13.8 Å². The Hall–Kier alpha value is -2.35. The molecule has 1 amide bonds. The highest BCUT2D eigenvalue weighted by Crippen LogP contribution is 2.27. The lowest BCUT2D eigenvalue weighted by Gasteiger charge is -2.10. The molecular formula is C15H17F2N3O3. The molecule has 1 aromatic heterocycles. The van der Waals surface area contributed by atoms with E-state index in [0.29, 0.717) is 19.0 Å². The molecule has 8 heteroatoms. The van der Waals surface area contributed by atoms with Crippen LogP contribution in [0.3, 0.4) is 0 Å². The highest BCUT2D eigenvalue weighted by atomic mass is 19.3. The number of benzene rings is 1. The third-order valence-electron chi connectivity index (χ3n) is 3.20. The van der Waals surface area contributed by atoms with Gasteiger partial charge in [-0.25, -0.2) is 0 Å². The van der Waals surface area contributed by atoms with Crippen LogP contribution in [0.1, 0.15) is 25.3 Å². The first-order valence-electron chi connectivity index (χ1n) is 6.93. The van der Waals surface area contributed by atoms with Crippen molar-refractivity contribution < 1.29 is 22.8 Å². The van der Waals surface area contributed by atoms with Crippen LogP contribution in [-0.2, 0) is 22.0 Å². The van der Waals surface area contributed by atoms with Crippen LogP contribution in [0.5, 0.6) is 0 Å². The fourth-order valence-corrected chi connectivity index (χ4v) is 1.73. The molecule has 0 radical (unpaired) electrons. The summed E-state index contributed by atoms with van der Waals surface area (Å²) >= 11 is 0. The van der Waals surface area contributed by atoms with Gasteiger partial charge in [0.2, 0.25) is 11.7 Å². The second kappa shape index (κ2) is 6.82. The van der Waals surface area contributed by atoms with Crippen LogP contribution in [0.4, 0.5) is 8.78 Å². The van der Waals surface area contributed by atoms with E-state index in [1.165, 1.54) is 7.11 Å². The molecule has 0 aliphatic carbocycles. The molecule has 0 aliphatic heterocycles. The molecule has 0 bridgehead atoms. The molecule has 1 unspecified atom stereocenters. The zero-order valence-corrected chi connectivity index (χ0v) is 13.0. The number of carbonyl (C=O) groups excluding carboxylic acids is 1. The third-order valence-corrected chi connectivity index (χ3v) is 3.20. The number of amides is 1. The molecular weight excluding hydrogens is 308 g/mol. The molecule has 124 valence electrons. The quantitative estimate of drug-likeness (QED) is 0.883. The van der Waals surface area contributed by atoms with Crippen LogP contribution in [0.2, 0.25) is 0 Å². The van der Waals surface area contributed by atoms with Gasteiger partial charge < -0.3 is 14.6 Å². The Balaban J connectivity index is 2.02. The first kappa shape index (κ1) is 17.0. The SMILES string of the molecule is COC(C)C(=O)NCc1ccc(-c2noc(C(C)(F)F)n2)cc1. The van der Waals surface area contributed by atoms with Gasteiger partial charge in [0.1, 0.15) is 6.10 Å². The topological polar surface area (TPSA) is 77.2 Å².